The molecule has 7 aromatic rings. The first-order chi connectivity index (χ1) is 22.0. The fourth-order valence-electron chi connectivity index (χ4n) is 6.23. The molecule has 0 aliphatic carbocycles. The topological polar surface area (TPSA) is 4.93 Å². The van der Waals surface area contributed by atoms with Crippen molar-refractivity contribution < 1.29 is 0 Å². The lowest BCUT2D eigenvalue weighted by Gasteiger charge is -2.30. The van der Waals surface area contributed by atoms with Crippen molar-refractivity contribution in [1.29, 1.82) is 0 Å². The first-order valence-electron chi connectivity index (χ1n) is 15.6. The molecule has 0 atom stereocenters. The summed E-state index contributed by atoms with van der Waals surface area (Å²) in [6.45, 7) is 7.45. The summed E-state index contributed by atoms with van der Waals surface area (Å²) in [7, 11) is -3.46. The van der Waals surface area contributed by atoms with Gasteiger partial charge < -0.3 is 4.57 Å². The maximum Gasteiger partial charge on any atom is 0.0990 e. The van der Waals surface area contributed by atoms with E-state index in [0.29, 0.717) is 0 Å². The molecule has 4 heteroatoms. The molecular formula is C41H37NP2Si. The first-order valence-corrected chi connectivity index (χ1v) is 21.7. The Morgan fingerprint density at radius 1 is 0.422 bits per heavy atom. The van der Waals surface area contributed by atoms with E-state index in [1.54, 1.807) is 0 Å². The van der Waals surface area contributed by atoms with Gasteiger partial charge in [0.05, 0.1) is 19.2 Å². The molecule has 0 saturated carbocycles. The van der Waals surface area contributed by atoms with Gasteiger partial charge in [-0.25, -0.2) is 0 Å². The van der Waals surface area contributed by atoms with Crippen molar-refractivity contribution in [1.82, 2.24) is 4.57 Å². The fourth-order valence-corrected chi connectivity index (χ4v) is 12.7. The van der Waals surface area contributed by atoms with Gasteiger partial charge in [-0.05, 0) is 46.7 Å². The van der Waals surface area contributed by atoms with Crippen molar-refractivity contribution in [3.63, 3.8) is 0 Å². The maximum absolute atomic E-state index is 2.72. The molecule has 1 heterocycles. The summed E-state index contributed by atoms with van der Waals surface area (Å²) >= 11 is 0. The molecule has 0 spiro atoms. The quantitative estimate of drug-likeness (QED) is 0.120. The highest BCUT2D eigenvalue weighted by atomic mass is 31.1. The van der Waals surface area contributed by atoms with Gasteiger partial charge in [0.15, 0.2) is 0 Å². The molecule has 0 radical (unpaired) electrons. The van der Waals surface area contributed by atoms with E-state index >= 15 is 0 Å². The molecule has 7 rings (SSSR count). The molecule has 0 saturated heterocycles. The molecule has 6 aromatic carbocycles. The lowest BCUT2D eigenvalue weighted by atomic mass is 10.1. The molecule has 0 aliphatic rings. The number of nitrogens with zero attached hydrogens (tertiary/aromatic N) is 1. The zero-order chi connectivity index (χ0) is 30.8. The average molecular weight is 634 g/mol. The van der Waals surface area contributed by atoms with Gasteiger partial charge in [0, 0.05) is 23.9 Å². The summed E-state index contributed by atoms with van der Waals surface area (Å²) in [5.41, 5.74) is 2.72. The van der Waals surface area contributed by atoms with Gasteiger partial charge in [-0.1, -0.05) is 177 Å². The molecule has 1 nitrogen and oxygen atoms in total. The normalized spacial score (nSPS) is 11.8. The number of hydrogen-bond acceptors (Lipinski definition) is 0. The predicted molar refractivity (Wildman–Crippen MR) is 204 cm³/mol. The largest absolute Gasteiger partial charge is 0.316 e. The highest BCUT2D eigenvalue weighted by Crippen LogP contribution is 2.40. The van der Waals surface area contributed by atoms with Crippen LogP contribution in [0.2, 0.25) is 19.6 Å². The monoisotopic (exact) mass is 633 g/mol. The van der Waals surface area contributed by atoms with E-state index in [1.165, 1.54) is 53.7 Å². The molecule has 0 aliphatic heterocycles. The summed E-state index contributed by atoms with van der Waals surface area (Å²) in [5, 5.41) is 10.9. The highest BCUT2D eigenvalue weighted by molar-refractivity contribution is 7.80. The van der Waals surface area contributed by atoms with E-state index in [4.69, 9.17) is 0 Å². The lowest BCUT2D eigenvalue weighted by molar-refractivity contribution is 1.17. The molecule has 0 N–H and O–H groups in total. The smallest absolute Gasteiger partial charge is 0.0990 e. The predicted octanol–water partition coefficient (Wildman–Crippen LogP) is 7.69. The van der Waals surface area contributed by atoms with Gasteiger partial charge in [-0.3, -0.25) is 0 Å². The van der Waals surface area contributed by atoms with E-state index in [0.717, 1.165) is 0 Å². The molecule has 45 heavy (non-hydrogen) atoms. The molecule has 0 unspecified atom stereocenters. The van der Waals surface area contributed by atoms with Crippen LogP contribution >= 0.6 is 15.8 Å². The Bertz CT molecular complexity index is 1950. The van der Waals surface area contributed by atoms with Crippen LogP contribution in [0.25, 0.3) is 16.5 Å². The number of aromatic nitrogens is 1. The van der Waals surface area contributed by atoms with Crippen LogP contribution in [-0.2, 0) is 0 Å². The number of benzene rings is 6. The second kappa shape index (κ2) is 12.7. The zero-order valence-corrected chi connectivity index (χ0v) is 28.8. The van der Waals surface area contributed by atoms with Crippen molar-refractivity contribution in [2.45, 2.75) is 19.6 Å². The van der Waals surface area contributed by atoms with Crippen molar-refractivity contribution in [3.8, 4) is 5.69 Å². The molecule has 0 amide bonds. The third kappa shape index (κ3) is 5.87. The van der Waals surface area contributed by atoms with Gasteiger partial charge in [-0.15, -0.1) is 0 Å². The summed E-state index contributed by atoms with van der Waals surface area (Å²) in [5.74, 6) is 0. The Kier molecular flexibility index (Phi) is 8.39. The third-order valence-corrected chi connectivity index (χ3v) is 15.1. The fraction of sp³-hybridized carbons (Fsp3) is 0.0732. The van der Waals surface area contributed by atoms with Crippen molar-refractivity contribution in [2.24, 2.45) is 0 Å². The van der Waals surface area contributed by atoms with Gasteiger partial charge in [0.1, 0.15) is 0 Å². The average Bonchev–Trinajstić information content (AvgIpc) is 3.52. The number of rotatable bonds is 8. The molecule has 220 valence electrons. The van der Waals surface area contributed by atoms with Crippen LogP contribution in [0.3, 0.4) is 0 Å². The number of hydrogen-bond donors (Lipinski definition) is 0. The Morgan fingerprint density at radius 3 is 1.36 bits per heavy atom. The Balaban J connectivity index is 1.61. The van der Waals surface area contributed by atoms with Crippen molar-refractivity contribution in [3.05, 3.63) is 170 Å². The van der Waals surface area contributed by atoms with Crippen molar-refractivity contribution >= 4 is 72.0 Å². The molecule has 1 aromatic heterocycles. The summed E-state index contributed by atoms with van der Waals surface area (Å²) in [6, 6.07) is 63.2. The second-order valence-corrected chi connectivity index (χ2v) is 21.7. The van der Waals surface area contributed by atoms with Gasteiger partial charge in [-0.2, -0.15) is 0 Å². The zero-order valence-electron chi connectivity index (χ0n) is 26.0. The lowest BCUT2D eigenvalue weighted by Crippen LogP contribution is -2.46. The van der Waals surface area contributed by atoms with Crippen LogP contribution in [0.4, 0.5) is 0 Å². The van der Waals surface area contributed by atoms with Gasteiger partial charge >= 0.3 is 0 Å². The summed E-state index contributed by atoms with van der Waals surface area (Å²) < 4.78 is 2.72. The van der Waals surface area contributed by atoms with Crippen LogP contribution in [0, 0.1) is 0 Å². The van der Waals surface area contributed by atoms with Gasteiger partial charge in [0.2, 0.25) is 0 Å². The Hall–Kier alpha value is -4.06. The molecule has 0 fully saturated rings. The van der Waals surface area contributed by atoms with Crippen LogP contribution < -0.4 is 37.3 Å². The number of fused-ring (bicyclic) bond motifs is 1. The van der Waals surface area contributed by atoms with E-state index < -0.39 is 23.9 Å². The maximum atomic E-state index is 2.72. The summed E-state index contributed by atoms with van der Waals surface area (Å²) in [4.78, 5) is 0. The Morgan fingerprint density at radius 2 is 0.867 bits per heavy atom. The van der Waals surface area contributed by atoms with Crippen molar-refractivity contribution in [2.75, 3.05) is 0 Å². The van der Waals surface area contributed by atoms with Crippen LogP contribution in [0.5, 0.6) is 0 Å². The van der Waals surface area contributed by atoms with E-state index in [2.05, 4.69) is 194 Å². The third-order valence-electron chi connectivity index (χ3n) is 8.26. The minimum Gasteiger partial charge on any atom is -0.316 e. The van der Waals surface area contributed by atoms with E-state index in [9.17, 15) is 0 Å². The Labute approximate surface area is 270 Å². The highest BCUT2D eigenvalue weighted by Gasteiger charge is 2.31. The minimum absolute atomic E-state index is 0.820. The molecule has 0 bridgehead atoms. The SMILES string of the molecule is C[Si](C)(C)c1ccc(P(c2ccccc2)c2ccccc2)n1-c1c(P(c2ccccc2)c2ccccc2)ccc2ccccc12. The van der Waals surface area contributed by atoms with Crippen LogP contribution in [0.1, 0.15) is 0 Å². The van der Waals surface area contributed by atoms with Crippen LogP contribution in [-0.4, -0.2) is 12.6 Å². The first kappa shape index (κ1) is 29.6. The standard InChI is InChI=1S/C41H37NP2Si/c1-45(2,3)40-31-30-39(44(35-23-12-6-13-24-35)36-25-14-7-15-26-36)42(40)41-37-27-17-16-18-32(37)28-29-38(41)43(33-19-8-4-9-20-33)34-21-10-5-11-22-34/h4-31H,1-3H3. The van der Waals surface area contributed by atoms with Gasteiger partial charge in [0.25, 0.3) is 0 Å². The summed E-state index contributed by atoms with van der Waals surface area (Å²) in [6.07, 6.45) is 0. The molecular weight excluding hydrogens is 596 g/mol. The van der Waals surface area contributed by atoms with E-state index in [-0.39, 0.29) is 0 Å². The van der Waals surface area contributed by atoms with E-state index in [1.807, 2.05) is 0 Å². The second-order valence-electron chi connectivity index (χ2n) is 12.3. The minimum atomic E-state index is -1.81. The van der Waals surface area contributed by atoms with Crippen LogP contribution in [0.15, 0.2) is 170 Å².